The van der Waals surface area contributed by atoms with Crippen molar-refractivity contribution in [3.63, 3.8) is 0 Å². The van der Waals surface area contributed by atoms with Crippen LogP contribution in [-0.2, 0) is 13.1 Å². The molecule has 3 rings (SSSR count). The molecule has 0 saturated carbocycles. The van der Waals surface area contributed by atoms with Crippen LogP contribution in [0.5, 0.6) is 0 Å². The average Bonchev–Trinajstić information content (AvgIpc) is 2.53. The van der Waals surface area contributed by atoms with Gasteiger partial charge in [-0.25, -0.2) is 4.39 Å². The van der Waals surface area contributed by atoms with Gasteiger partial charge in [0.1, 0.15) is 5.82 Å². The van der Waals surface area contributed by atoms with Crippen LogP contribution in [0, 0.1) is 5.82 Å². The molecule has 0 amide bonds. The van der Waals surface area contributed by atoms with Gasteiger partial charge in [0.25, 0.3) is 0 Å². The van der Waals surface area contributed by atoms with E-state index in [1.807, 2.05) is 12.4 Å². The van der Waals surface area contributed by atoms with E-state index in [1.165, 1.54) is 17.7 Å². The largest absolute Gasteiger partial charge is 0.297 e. The maximum absolute atomic E-state index is 13.1. The predicted octanol–water partition coefficient (Wildman–Crippen LogP) is 3.19. The number of hydrogen-bond donors (Lipinski definition) is 0. The highest BCUT2D eigenvalue weighted by Crippen LogP contribution is 2.20. The van der Waals surface area contributed by atoms with Gasteiger partial charge in [0, 0.05) is 56.7 Å². The molecule has 3 nitrogen and oxygen atoms in total. The molecule has 1 aliphatic rings. The third kappa shape index (κ3) is 4.03. The Balaban J connectivity index is 1.51. The van der Waals surface area contributed by atoms with Crippen LogP contribution < -0.4 is 0 Å². The number of halogens is 2. The Morgan fingerprint density at radius 2 is 1.59 bits per heavy atom. The van der Waals surface area contributed by atoms with Gasteiger partial charge >= 0.3 is 0 Å². The van der Waals surface area contributed by atoms with Gasteiger partial charge in [-0.3, -0.25) is 14.8 Å². The molecule has 0 bridgehead atoms. The maximum atomic E-state index is 13.1. The molecule has 0 atom stereocenters. The fraction of sp³-hybridized carbons (Fsp3) is 0.353. The second-order valence-electron chi connectivity index (χ2n) is 5.64. The van der Waals surface area contributed by atoms with Gasteiger partial charge < -0.3 is 0 Å². The zero-order valence-electron chi connectivity index (χ0n) is 12.4. The monoisotopic (exact) mass is 319 g/mol. The van der Waals surface area contributed by atoms with Crippen LogP contribution >= 0.6 is 11.6 Å². The van der Waals surface area contributed by atoms with Gasteiger partial charge in [-0.1, -0.05) is 17.7 Å². The van der Waals surface area contributed by atoms with E-state index in [0.29, 0.717) is 5.02 Å². The summed E-state index contributed by atoms with van der Waals surface area (Å²) in [5, 5.41) is 0.513. The van der Waals surface area contributed by atoms with Crippen LogP contribution in [-0.4, -0.2) is 41.0 Å². The summed E-state index contributed by atoms with van der Waals surface area (Å²) < 4.78 is 13.1. The third-order valence-electron chi connectivity index (χ3n) is 4.03. The summed E-state index contributed by atoms with van der Waals surface area (Å²) in [5.74, 6) is -0.282. The van der Waals surface area contributed by atoms with E-state index < -0.39 is 0 Å². The summed E-state index contributed by atoms with van der Waals surface area (Å²) in [6.07, 6.45) is 3.67. The fourth-order valence-electron chi connectivity index (χ4n) is 2.74. The second-order valence-corrected chi connectivity index (χ2v) is 6.05. The second kappa shape index (κ2) is 7.18. The molecule has 0 unspecified atom stereocenters. The molecular formula is C17H19ClFN3. The lowest BCUT2D eigenvalue weighted by molar-refractivity contribution is 0.122. The molecular weight excluding hydrogens is 301 g/mol. The van der Waals surface area contributed by atoms with E-state index in [-0.39, 0.29) is 5.82 Å². The number of rotatable bonds is 4. The standard InChI is InChI=1S/C17H19ClFN3/c18-17-11-16(19)2-1-15(17)13-22-9-7-21(8-10-22)12-14-3-5-20-6-4-14/h1-6,11H,7-10,12-13H2. The van der Waals surface area contributed by atoms with Crippen molar-refractivity contribution >= 4 is 11.6 Å². The summed E-state index contributed by atoms with van der Waals surface area (Å²) in [5.41, 5.74) is 2.29. The first-order valence-electron chi connectivity index (χ1n) is 7.48. The summed E-state index contributed by atoms with van der Waals surface area (Å²) in [4.78, 5) is 8.85. The van der Waals surface area contributed by atoms with E-state index in [4.69, 9.17) is 11.6 Å². The van der Waals surface area contributed by atoms with Gasteiger partial charge in [-0.05, 0) is 35.4 Å². The molecule has 0 radical (unpaired) electrons. The first kappa shape index (κ1) is 15.4. The van der Waals surface area contributed by atoms with Crippen LogP contribution in [0.1, 0.15) is 11.1 Å². The van der Waals surface area contributed by atoms with Crippen LogP contribution in [0.4, 0.5) is 4.39 Å². The van der Waals surface area contributed by atoms with Crippen molar-refractivity contribution in [1.29, 1.82) is 0 Å². The van der Waals surface area contributed by atoms with Gasteiger partial charge in [-0.2, -0.15) is 0 Å². The van der Waals surface area contributed by atoms with E-state index in [1.54, 1.807) is 6.07 Å². The zero-order chi connectivity index (χ0) is 15.4. The van der Waals surface area contributed by atoms with Crippen molar-refractivity contribution in [2.75, 3.05) is 26.2 Å². The minimum Gasteiger partial charge on any atom is -0.297 e. The maximum Gasteiger partial charge on any atom is 0.124 e. The molecule has 1 aliphatic heterocycles. The number of pyridine rings is 1. The molecule has 1 aromatic carbocycles. The van der Waals surface area contributed by atoms with Gasteiger partial charge in [-0.15, -0.1) is 0 Å². The number of benzene rings is 1. The lowest BCUT2D eigenvalue weighted by Crippen LogP contribution is -2.45. The Morgan fingerprint density at radius 3 is 2.23 bits per heavy atom. The molecule has 1 saturated heterocycles. The number of piperazine rings is 1. The highest BCUT2D eigenvalue weighted by atomic mass is 35.5. The highest BCUT2D eigenvalue weighted by molar-refractivity contribution is 6.31. The zero-order valence-corrected chi connectivity index (χ0v) is 13.1. The molecule has 0 spiro atoms. The Labute approximate surface area is 135 Å². The first-order chi connectivity index (χ1) is 10.7. The van der Waals surface area contributed by atoms with Gasteiger partial charge in [0.05, 0.1) is 0 Å². The van der Waals surface area contributed by atoms with Gasteiger partial charge in [0.2, 0.25) is 0 Å². The molecule has 1 fully saturated rings. The van der Waals surface area contributed by atoms with E-state index in [2.05, 4.69) is 26.9 Å². The van der Waals surface area contributed by atoms with Crippen LogP contribution in [0.2, 0.25) is 5.02 Å². The smallest absolute Gasteiger partial charge is 0.124 e. The molecule has 0 N–H and O–H groups in total. The van der Waals surface area contributed by atoms with Crippen molar-refractivity contribution in [2.24, 2.45) is 0 Å². The minimum atomic E-state index is -0.282. The van der Waals surface area contributed by atoms with Crippen molar-refractivity contribution in [3.05, 3.63) is 64.7 Å². The van der Waals surface area contributed by atoms with Crippen LogP contribution in [0.15, 0.2) is 42.7 Å². The quantitative estimate of drug-likeness (QED) is 0.863. The molecule has 2 aromatic rings. The predicted molar refractivity (Wildman–Crippen MR) is 86.2 cm³/mol. The number of aromatic nitrogens is 1. The summed E-state index contributed by atoms with van der Waals surface area (Å²) in [6.45, 7) is 5.80. The minimum absolute atomic E-state index is 0.282. The lowest BCUT2D eigenvalue weighted by atomic mass is 10.2. The highest BCUT2D eigenvalue weighted by Gasteiger charge is 2.18. The molecule has 1 aromatic heterocycles. The Morgan fingerprint density at radius 1 is 0.955 bits per heavy atom. The average molecular weight is 320 g/mol. The lowest BCUT2D eigenvalue weighted by Gasteiger charge is -2.34. The van der Waals surface area contributed by atoms with Crippen molar-refractivity contribution < 1.29 is 4.39 Å². The fourth-order valence-corrected chi connectivity index (χ4v) is 2.97. The van der Waals surface area contributed by atoms with Crippen LogP contribution in [0.25, 0.3) is 0 Å². The SMILES string of the molecule is Fc1ccc(CN2CCN(Cc3ccncc3)CC2)c(Cl)c1. The Kier molecular flexibility index (Phi) is 5.03. The molecule has 5 heteroatoms. The molecule has 116 valence electrons. The first-order valence-corrected chi connectivity index (χ1v) is 7.86. The topological polar surface area (TPSA) is 19.4 Å². The third-order valence-corrected chi connectivity index (χ3v) is 4.38. The molecule has 22 heavy (non-hydrogen) atoms. The summed E-state index contributed by atoms with van der Waals surface area (Å²) in [6, 6.07) is 8.76. The number of hydrogen-bond acceptors (Lipinski definition) is 3. The molecule has 2 heterocycles. The van der Waals surface area contributed by atoms with Crippen molar-refractivity contribution in [1.82, 2.24) is 14.8 Å². The Bertz CT molecular complexity index is 613. The number of nitrogens with zero attached hydrogens (tertiary/aromatic N) is 3. The summed E-state index contributed by atoms with van der Waals surface area (Å²) >= 11 is 6.10. The van der Waals surface area contributed by atoms with E-state index in [0.717, 1.165) is 44.8 Å². The van der Waals surface area contributed by atoms with Gasteiger partial charge in [0.15, 0.2) is 0 Å². The van der Waals surface area contributed by atoms with Crippen molar-refractivity contribution in [2.45, 2.75) is 13.1 Å². The summed E-state index contributed by atoms with van der Waals surface area (Å²) in [7, 11) is 0. The van der Waals surface area contributed by atoms with E-state index >= 15 is 0 Å². The molecule has 0 aliphatic carbocycles. The van der Waals surface area contributed by atoms with Crippen LogP contribution in [0.3, 0.4) is 0 Å². The Hall–Kier alpha value is -1.49. The van der Waals surface area contributed by atoms with E-state index in [9.17, 15) is 4.39 Å². The van der Waals surface area contributed by atoms with Crippen molar-refractivity contribution in [3.8, 4) is 0 Å². The normalized spacial score (nSPS) is 16.8.